The average Bonchev–Trinajstić information content (AvgIpc) is 1.61. The fourth-order valence-electron chi connectivity index (χ4n) is 13.1. The Kier molecular flexibility index (Phi) is 34.9. The van der Waals surface area contributed by atoms with Gasteiger partial charge in [0.05, 0.1) is 38.4 Å². The standard InChI is InChI=1S/C34H42N2O5S.C33H40N2O8S2.2C4H10O3S.O3S/c1-7-35-28-19-17-24(2)22-26(28)33(3,4)30(35)14-10-8-11-15-31-34(5,6)27-23-25(42(39,40)41)18-20-29(27)36(31)21-13-9-12-16-32(37)38;1-24-26-23-25(45(41,42)43)18-19-30(26)35(21-11-4-7-17-32(36)37)29(24)15-5-3-6-16-31-33(2,20-10-12-22-44(38,39)40)27-13-8-9-14-28(27)34-31;2*1-2-3-4-8(5,6)7;1-4(2)3/h8,10-11,14-15,17-20,22-23H,7,9,12-13,16,21H2,1-6H3,(H-,37,38,39,40,41);3,5-6,8-9,13-16,18-19,23-24H,4,7,10-12,17,20-22H2,1-2H3,(H3,36,37,38,39,40,41,42,43);2*2-4H2,1H3,(H,5,6,7);/p+2. The van der Waals surface area contributed by atoms with Crippen molar-refractivity contribution in [2.24, 2.45) is 0 Å². The first-order chi connectivity index (χ1) is 49.7. The van der Waals surface area contributed by atoms with E-state index in [1.54, 1.807) is 18.2 Å². The molecule has 0 aliphatic carbocycles. The summed E-state index contributed by atoms with van der Waals surface area (Å²) in [4.78, 5) is 23.9. The van der Waals surface area contributed by atoms with Crippen LogP contribution in [0.1, 0.15) is 192 Å². The summed E-state index contributed by atoms with van der Waals surface area (Å²) >= 11 is 0. The van der Waals surface area contributed by atoms with Gasteiger partial charge in [-0.15, -0.1) is 12.6 Å². The third-order valence-electron chi connectivity index (χ3n) is 18.6. The van der Waals surface area contributed by atoms with Crippen molar-refractivity contribution < 1.29 is 106 Å². The lowest BCUT2D eigenvalue weighted by Gasteiger charge is -2.26. The number of carboxylic acid groups (broad SMARTS) is 2. The van der Waals surface area contributed by atoms with E-state index in [4.69, 9.17) is 36.5 Å². The molecule has 0 saturated carbocycles. The van der Waals surface area contributed by atoms with Crippen molar-refractivity contribution in [2.45, 2.75) is 198 Å². The zero-order valence-corrected chi connectivity index (χ0v) is 67.1. The summed E-state index contributed by atoms with van der Waals surface area (Å²) in [6, 6.07) is 24.0. The number of anilines is 2. The maximum Gasteiger partial charge on any atom is 0.425 e. The number of hydrogen-bond donors (Lipinski definition) is 8. The highest BCUT2D eigenvalue weighted by molar-refractivity contribution is 7.86. The van der Waals surface area contributed by atoms with E-state index in [1.165, 1.54) is 40.7 Å². The SMILES string of the molecule is CC1C(C=CC=CC=C2Nc3ccccc3C2(C)CCCCS(=O)(=O)O)=[N+](CCCCCC(=O)O)c2ccc(S(=O)(=O)O)cc21.CCCCS(=O)(=O)O.CCCCS(=O)(=O)O.CCN1C(=CC=CC=CC2=[N+](CCCCCC(=O)O)c3ccc(S(=O)(=O)O)cc3C2(C)C)C(C)(C)c2cc(C)ccc21.O=S(=O)=O. The van der Waals surface area contributed by atoms with Crippen molar-refractivity contribution in [3.63, 3.8) is 0 Å². The summed E-state index contributed by atoms with van der Waals surface area (Å²) in [6.07, 6.45) is 29.0. The molecule has 0 spiro atoms. The van der Waals surface area contributed by atoms with Gasteiger partial charge in [0.1, 0.15) is 13.1 Å². The Morgan fingerprint density at radius 3 is 1.56 bits per heavy atom. The molecule has 4 aromatic carbocycles. The third-order valence-corrected chi connectivity index (χ3v) is 22.7. The fraction of sp³-hybridized carbons (Fsp3) is 0.467. The Balaban J connectivity index is 0.000000360. The van der Waals surface area contributed by atoms with Crippen LogP contribution < -0.4 is 10.2 Å². The first kappa shape index (κ1) is 91.8. The van der Waals surface area contributed by atoms with E-state index >= 15 is 0 Å². The Morgan fingerprint density at radius 2 is 1.05 bits per heavy atom. The summed E-state index contributed by atoms with van der Waals surface area (Å²) < 4.78 is 184. The molecule has 107 heavy (non-hydrogen) atoms. The monoisotopic (exact) mass is 1600 g/mol. The average molecular weight is 1610 g/mol. The summed E-state index contributed by atoms with van der Waals surface area (Å²) in [5, 5.41) is 21.4. The second-order valence-electron chi connectivity index (χ2n) is 27.5. The molecule has 4 aromatic rings. The highest BCUT2D eigenvalue weighted by Crippen LogP contribution is 2.49. The number of para-hydroxylation sites is 1. The Bertz CT molecular complexity index is 4770. The highest BCUT2D eigenvalue weighted by Gasteiger charge is 2.45. The molecule has 32 heteroatoms. The van der Waals surface area contributed by atoms with Crippen molar-refractivity contribution in [3.8, 4) is 0 Å². The Labute approximate surface area is 633 Å². The summed E-state index contributed by atoms with van der Waals surface area (Å²) in [6.45, 7) is 22.9. The highest BCUT2D eigenvalue weighted by atomic mass is 32.2. The van der Waals surface area contributed by atoms with E-state index < -0.39 is 78.6 Å². The molecule has 0 fully saturated rings. The van der Waals surface area contributed by atoms with Crippen LogP contribution in [0, 0.1) is 6.92 Å². The van der Waals surface area contributed by atoms with Gasteiger partial charge in [0.25, 0.3) is 50.6 Å². The van der Waals surface area contributed by atoms with Gasteiger partial charge >= 0.3 is 22.5 Å². The van der Waals surface area contributed by atoms with Gasteiger partial charge < -0.3 is 20.4 Å². The van der Waals surface area contributed by atoms with Crippen molar-refractivity contribution in [3.05, 3.63) is 179 Å². The smallest absolute Gasteiger partial charge is 0.425 e. The molecule has 8 rings (SSSR count). The lowest BCUT2D eigenvalue weighted by atomic mass is 9.77. The predicted octanol–water partition coefficient (Wildman–Crippen LogP) is 13.6. The number of likely N-dealkylation sites (N-methyl/N-ethyl adjacent to an activating group) is 1. The number of rotatable bonds is 32. The molecule has 4 heterocycles. The van der Waals surface area contributed by atoms with E-state index in [0.717, 1.165) is 95.9 Å². The van der Waals surface area contributed by atoms with Crippen LogP contribution in [0.2, 0.25) is 0 Å². The minimum absolute atomic E-state index is 0.108. The Morgan fingerprint density at radius 1 is 0.542 bits per heavy atom. The van der Waals surface area contributed by atoms with E-state index in [9.17, 15) is 60.8 Å². The quantitative estimate of drug-likeness (QED) is 0.00974. The maximum atomic E-state index is 11.9. The minimum Gasteiger partial charge on any atom is -0.481 e. The molecular formula is C75H104N4O22S6+2. The molecule has 590 valence electrons. The van der Waals surface area contributed by atoms with Crippen LogP contribution in [0.25, 0.3) is 0 Å². The number of nitrogens with zero attached hydrogens (tertiary/aromatic N) is 3. The number of carbonyl (C=O) groups is 2. The summed E-state index contributed by atoms with van der Waals surface area (Å²) in [5.74, 6) is -2.23. The van der Waals surface area contributed by atoms with Gasteiger partial charge in [-0.05, 0) is 153 Å². The van der Waals surface area contributed by atoms with Crippen LogP contribution in [-0.2, 0) is 87.0 Å². The van der Waals surface area contributed by atoms with Gasteiger partial charge in [-0.2, -0.15) is 51.2 Å². The number of benzene rings is 4. The molecule has 4 aliphatic heterocycles. The molecule has 2 atom stereocenters. The molecule has 2 unspecified atom stereocenters. The molecule has 0 saturated heterocycles. The van der Waals surface area contributed by atoms with Crippen molar-refractivity contribution in [1.82, 2.24) is 0 Å². The number of unbranched alkanes of at least 4 members (excludes halogenated alkanes) is 7. The fourth-order valence-corrected chi connectivity index (χ4v) is 16.0. The molecule has 26 nitrogen and oxygen atoms in total. The zero-order valence-electron chi connectivity index (χ0n) is 62.3. The van der Waals surface area contributed by atoms with Gasteiger partial charge in [0.15, 0.2) is 11.4 Å². The molecule has 8 N–H and O–H groups in total. The number of hydrogen-bond acceptors (Lipinski definition) is 17. The van der Waals surface area contributed by atoms with Gasteiger partial charge in [-0.3, -0.25) is 32.4 Å². The largest absolute Gasteiger partial charge is 0.481 e. The summed E-state index contributed by atoms with van der Waals surface area (Å²) in [5.41, 5.74) is 12.6. The lowest BCUT2D eigenvalue weighted by Crippen LogP contribution is -2.28. The first-order valence-electron chi connectivity index (χ1n) is 35.2. The molecule has 0 amide bonds. The van der Waals surface area contributed by atoms with E-state index in [-0.39, 0.29) is 56.6 Å². The van der Waals surface area contributed by atoms with E-state index in [0.29, 0.717) is 58.0 Å². The second-order valence-corrected chi connectivity index (χ2v) is 35.4. The Hall–Kier alpha value is -7.63. The number of allylic oxidation sites excluding steroid dienone is 12. The zero-order chi connectivity index (χ0) is 80.5. The minimum atomic E-state index is -4.35. The van der Waals surface area contributed by atoms with Crippen molar-refractivity contribution >= 4 is 107 Å². The first-order valence-corrected chi connectivity index (χ1v) is 43.9. The van der Waals surface area contributed by atoms with Gasteiger partial charge in [-0.1, -0.05) is 119 Å². The van der Waals surface area contributed by atoms with E-state index in [2.05, 4.69) is 110 Å². The topological polar surface area (TPSA) is 419 Å². The predicted molar refractivity (Wildman–Crippen MR) is 416 cm³/mol. The number of aliphatic carboxylic acids is 2. The molecule has 0 radical (unpaired) electrons. The van der Waals surface area contributed by atoms with Crippen LogP contribution >= 0.6 is 0 Å². The van der Waals surface area contributed by atoms with E-state index in [1.807, 2.05) is 81.5 Å². The van der Waals surface area contributed by atoms with Crippen LogP contribution in [-0.4, -0.2) is 157 Å². The number of carboxylic acids is 2. The van der Waals surface area contributed by atoms with Crippen LogP contribution in [0.15, 0.2) is 161 Å². The normalized spacial score (nSPS) is 17.9. The molecular weight excluding hydrogens is 1500 g/mol. The van der Waals surface area contributed by atoms with Crippen LogP contribution in [0.5, 0.6) is 0 Å². The van der Waals surface area contributed by atoms with Gasteiger partial charge in [0, 0.05) is 101 Å². The third kappa shape index (κ3) is 28.4. The number of fused-ring (bicyclic) bond motifs is 4. The maximum absolute atomic E-state index is 11.9. The van der Waals surface area contributed by atoms with Crippen LogP contribution in [0.3, 0.4) is 0 Å². The molecule has 0 aromatic heterocycles. The van der Waals surface area contributed by atoms with Gasteiger partial charge in [-0.25, -0.2) is 0 Å². The van der Waals surface area contributed by atoms with Crippen molar-refractivity contribution in [2.75, 3.05) is 47.1 Å². The van der Waals surface area contributed by atoms with Gasteiger partial charge in [0.2, 0.25) is 11.4 Å². The number of aryl methyl sites for hydroxylation is 1. The van der Waals surface area contributed by atoms with Crippen LogP contribution in [0.4, 0.5) is 22.7 Å². The number of nitrogens with one attached hydrogen (secondary N) is 1. The second kappa shape index (κ2) is 40.7. The molecule has 0 bridgehead atoms. The van der Waals surface area contributed by atoms with Crippen molar-refractivity contribution in [1.29, 1.82) is 0 Å². The lowest BCUT2D eigenvalue weighted by molar-refractivity contribution is -0.438. The summed E-state index contributed by atoms with van der Waals surface area (Å²) in [7, 11) is -23.2. The molecule has 4 aliphatic rings.